The molecule has 1 aromatic carbocycles. The number of ether oxygens (including phenoxy) is 1. The van der Waals surface area contributed by atoms with Crippen molar-refractivity contribution in [3.05, 3.63) is 42.0 Å². The molecule has 4 nitrogen and oxygen atoms in total. The molecule has 0 atom stereocenters. The lowest BCUT2D eigenvalue weighted by Gasteiger charge is -2.21. The SMILES string of the molecule is O=C(O)/C=C\C(=O)Oc1ccc(C2CCCCC2)cc1. The van der Waals surface area contributed by atoms with Crippen molar-refractivity contribution in [3.63, 3.8) is 0 Å². The van der Waals surface area contributed by atoms with E-state index < -0.39 is 11.9 Å². The van der Waals surface area contributed by atoms with Gasteiger partial charge in [0, 0.05) is 12.2 Å². The molecule has 1 aromatic rings. The fourth-order valence-corrected chi connectivity index (χ4v) is 2.53. The minimum absolute atomic E-state index is 0.435. The van der Waals surface area contributed by atoms with Gasteiger partial charge in [-0.1, -0.05) is 31.4 Å². The van der Waals surface area contributed by atoms with Crippen LogP contribution in [-0.2, 0) is 9.59 Å². The van der Waals surface area contributed by atoms with Crippen LogP contribution in [0, 0.1) is 0 Å². The van der Waals surface area contributed by atoms with Crippen molar-refractivity contribution in [1.82, 2.24) is 0 Å². The van der Waals surface area contributed by atoms with E-state index in [1.165, 1.54) is 37.7 Å². The first kappa shape index (κ1) is 14.3. The van der Waals surface area contributed by atoms with Crippen molar-refractivity contribution in [3.8, 4) is 5.75 Å². The van der Waals surface area contributed by atoms with Crippen molar-refractivity contribution < 1.29 is 19.4 Å². The average molecular weight is 274 g/mol. The predicted octanol–water partition coefficient (Wildman–Crippen LogP) is 3.28. The molecule has 4 heteroatoms. The van der Waals surface area contributed by atoms with Crippen LogP contribution < -0.4 is 4.74 Å². The van der Waals surface area contributed by atoms with Crippen LogP contribution in [0.2, 0.25) is 0 Å². The molecule has 0 aromatic heterocycles. The Morgan fingerprint density at radius 3 is 2.30 bits per heavy atom. The number of carbonyl (C=O) groups excluding carboxylic acids is 1. The number of aliphatic carboxylic acids is 1. The summed E-state index contributed by atoms with van der Waals surface area (Å²) in [6.45, 7) is 0. The minimum Gasteiger partial charge on any atom is -0.478 e. The van der Waals surface area contributed by atoms with Crippen LogP contribution in [0.1, 0.15) is 43.6 Å². The molecule has 2 rings (SSSR count). The van der Waals surface area contributed by atoms with Gasteiger partial charge in [-0.2, -0.15) is 0 Å². The van der Waals surface area contributed by atoms with E-state index in [-0.39, 0.29) is 0 Å². The first-order valence-electron chi connectivity index (χ1n) is 6.88. The molecule has 0 bridgehead atoms. The quantitative estimate of drug-likeness (QED) is 0.520. The maximum atomic E-state index is 11.3. The zero-order valence-electron chi connectivity index (χ0n) is 11.2. The molecule has 20 heavy (non-hydrogen) atoms. The van der Waals surface area contributed by atoms with Gasteiger partial charge in [-0.25, -0.2) is 9.59 Å². The number of carbonyl (C=O) groups is 2. The highest BCUT2D eigenvalue weighted by molar-refractivity contribution is 5.91. The van der Waals surface area contributed by atoms with Crippen molar-refractivity contribution in [2.75, 3.05) is 0 Å². The summed E-state index contributed by atoms with van der Waals surface area (Å²) in [4.78, 5) is 21.6. The largest absolute Gasteiger partial charge is 0.478 e. The van der Waals surface area contributed by atoms with Crippen LogP contribution in [0.5, 0.6) is 5.75 Å². The molecule has 0 radical (unpaired) electrons. The zero-order valence-corrected chi connectivity index (χ0v) is 11.2. The van der Waals surface area contributed by atoms with Gasteiger partial charge in [-0.05, 0) is 36.5 Å². The molecule has 1 N–H and O–H groups in total. The first-order chi connectivity index (χ1) is 9.65. The van der Waals surface area contributed by atoms with Gasteiger partial charge in [0.2, 0.25) is 0 Å². The first-order valence-corrected chi connectivity index (χ1v) is 6.88. The maximum Gasteiger partial charge on any atom is 0.336 e. The predicted molar refractivity (Wildman–Crippen MR) is 74.7 cm³/mol. The number of carboxylic acid groups (broad SMARTS) is 1. The highest BCUT2D eigenvalue weighted by atomic mass is 16.5. The Balaban J connectivity index is 1.94. The van der Waals surface area contributed by atoms with Crippen molar-refractivity contribution in [1.29, 1.82) is 0 Å². The van der Waals surface area contributed by atoms with E-state index in [2.05, 4.69) is 0 Å². The van der Waals surface area contributed by atoms with Crippen molar-refractivity contribution in [2.24, 2.45) is 0 Å². The molecule has 106 valence electrons. The van der Waals surface area contributed by atoms with Crippen LogP contribution in [0.3, 0.4) is 0 Å². The summed E-state index contributed by atoms with van der Waals surface area (Å²) in [6, 6.07) is 7.49. The van der Waals surface area contributed by atoms with Gasteiger partial charge in [0.1, 0.15) is 5.75 Å². The minimum atomic E-state index is -1.17. The van der Waals surface area contributed by atoms with Crippen LogP contribution >= 0.6 is 0 Å². The third-order valence-corrected chi connectivity index (χ3v) is 3.54. The van der Waals surface area contributed by atoms with Gasteiger partial charge in [-0.3, -0.25) is 0 Å². The van der Waals surface area contributed by atoms with E-state index in [0.29, 0.717) is 11.7 Å². The number of carboxylic acids is 1. The summed E-state index contributed by atoms with van der Waals surface area (Å²) in [5.74, 6) is -0.808. The number of esters is 1. The molecule has 1 aliphatic rings. The van der Waals surface area contributed by atoms with Crippen LogP contribution in [-0.4, -0.2) is 17.0 Å². The Labute approximate surface area is 118 Å². The monoisotopic (exact) mass is 274 g/mol. The summed E-state index contributed by atoms with van der Waals surface area (Å²) >= 11 is 0. The van der Waals surface area contributed by atoms with E-state index in [1.807, 2.05) is 12.1 Å². The van der Waals surface area contributed by atoms with Crippen LogP contribution in [0.25, 0.3) is 0 Å². The van der Waals surface area contributed by atoms with Crippen molar-refractivity contribution >= 4 is 11.9 Å². The Hall–Kier alpha value is -2.10. The molecule has 1 saturated carbocycles. The Morgan fingerprint density at radius 2 is 1.70 bits per heavy atom. The summed E-state index contributed by atoms with van der Waals surface area (Å²) in [5, 5.41) is 8.41. The smallest absolute Gasteiger partial charge is 0.336 e. The van der Waals surface area contributed by atoms with Crippen LogP contribution in [0.4, 0.5) is 0 Å². The molecule has 0 unspecified atom stereocenters. The van der Waals surface area contributed by atoms with Crippen LogP contribution in [0.15, 0.2) is 36.4 Å². The zero-order chi connectivity index (χ0) is 14.4. The van der Waals surface area contributed by atoms with Gasteiger partial charge >= 0.3 is 11.9 Å². The fraction of sp³-hybridized carbons (Fsp3) is 0.375. The average Bonchev–Trinajstić information content (AvgIpc) is 2.47. The van der Waals surface area contributed by atoms with Gasteiger partial charge in [0.05, 0.1) is 0 Å². The highest BCUT2D eigenvalue weighted by Gasteiger charge is 2.15. The van der Waals surface area contributed by atoms with E-state index in [0.717, 1.165) is 12.2 Å². The van der Waals surface area contributed by atoms with Crippen molar-refractivity contribution in [2.45, 2.75) is 38.0 Å². The normalized spacial score (nSPS) is 16.2. The van der Waals surface area contributed by atoms with E-state index in [1.54, 1.807) is 12.1 Å². The molecule has 0 saturated heterocycles. The van der Waals surface area contributed by atoms with Gasteiger partial charge in [0.25, 0.3) is 0 Å². The topological polar surface area (TPSA) is 63.6 Å². The molecule has 1 aliphatic carbocycles. The highest BCUT2D eigenvalue weighted by Crippen LogP contribution is 2.33. The Bertz CT molecular complexity index is 496. The van der Waals surface area contributed by atoms with E-state index in [4.69, 9.17) is 9.84 Å². The summed E-state index contributed by atoms with van der Waals surface area (Å²) < 4.78 is 5.02. The number of hydrogen-bond donors (Lipinski definition) is 1. The lowest BCUT2D eigenvalue weighted by atomic mass is 9.84. The maximum absolute atomic E-state index is 11.3. The molecule has 0 heterocycles. The van der Waals surface area contributed by atoms with Gasteiger partial charge < -0.3 is 9.84 Å². The third-order valence-electron chi connectivity index (χ3n) is 3.54. The second kappa shape index (κ2) is 6.89. The molecular formula is C16H18O4. The number of benzene rings is 1. The van der Waals surface area contributed by atoms with Gasteiger partial charge in [-0.15, -0.1) is 0 Å². The molecule has 0 spiro atoms. The lowest BCUT2D eigenvalue weighted by molar-refractivity contribution is -0.133. The lowest BCUT2D eigenvalue weighted by Crippen LogP contribution is -2.06. The summed E-state index contributed by atoms with van der Waals surface area (Å²) in [7, 11) is 0. The second-order valence-electron chi connectivity index (χ2n) is 5.00. The van der Waals surface area contributed by atoms with E-state index >= 15 is 0 Å². The number of hydrogen-bond acceptors (Lipinski definition) is 3. The molecular weight excluding hydrogens is 256 g/mol. The van der Waals surface area contributed by atoms with E-state index in [9.17, 15) is 9.59 Å². The second-order valence-corrected chi connectivity index (χ2v) is 5.00. The molecule has 0 aliphatic heterocycles. The fourth-order valence-electron chi connectivity index (χ4n) is 2.53. The Kier molecular flexibility index (Phi) is 4.93. The standard InChI is InChI=1S/C16H18O4/c17-15(18)10-11-16(19)20-14-8-6-13(7-9-14)12-4-2-1-3-5-12/h6-12H,1-5H2,(H,17,18)/b11-10-. The summed E-state index contributed by atoms with van der Waals surface area (Å²) in [5.41, 5.74) is 1.28. The molecule has 0 amide bonds. The number of rotatable bonds is 4. The Morgan fingerprint density at radius 1 is 1.05 bits per heavy atom. The molecule has 1 fully saturated rings. The van der Waals surface area contributed by atoms with Gasteiger partial charge in [0.15, 0.2) is 0 Å². The summed E-state index contributed by atoms with van der Waals surface area (Å²) in [6.07, 6.45) is 7.99. The third kappa shape index (κ3) is 4.23.